The predicted molar refractivity (Wildman–Crippen MR) is 79.5 cm³/mol. The van der Waals surface area contributed by atoms with E-state index >= 15 is 0 Å². The third kappa shape index (κ3) is 4.27. The van der Waals surface area contributed by atoms with Crippen LogP contribution in [-0.4, -0.2) is 12.6 Å². The fourth-order valence-electron chi connectivity index (χ4n) is 2.62. The van der Waals surface area contributed by atoms with Crippen molar-refractivity contribution in [1.29, 1.82) is 0 Å². The lowest BCUT2D eigenvalue weighted by Crippen LogP contribution is -2.33. The highest BCUT2D eigenvalue weighted by Crippen LogP contribution is 2.22. The average Bonchev–Trinajstić information content (AvgIpc) is 2.42. The summed E-state index contributed by atoms with van der Waals surface area (Å²) >= 11 is 0. The molecule has 1 aliphatic rings. The summed E-state index contributed by atoms with van der Waals surface area (Å²) in [5.74, 6) is 0.666. The molecule has 0 aliphatic heterocycles. The number of hydrogen-bond donors (Lipinski definition) is 2. The first-order valence-electron chi connectivity index (χ1n) is 7.27. The largest absolute Gasteiger partial charge is 0.338 e. The molecule has 3 nitrogen and oxygen atoms in total. The number of aryl methyl sites for hydroxylation is 2. The van der Waals surface area contributed by atoms with Gasteiger partial charge in [0.05, 0.1) is 0 Å². The molecule has 0 atom stereocenters. The van der Waals surface area contributed by atoms with Crippen molar-refractivity contribution in [3.05, 3.63) is 29.3 Å². The molecule has 104 valence electrons. The zero-order valence-electron chi connectivity index (χ0n) is 12.0. The van der Waals surface area contributed by atoms with Crippen molar-refractivity contribution in [3.63, 3.8) is 0 Å². The van der Waals surface area contributed by atoms with Gasteiger partial charge in [0.1, 0.15) is 0 Å². The van der Waals surface area contributed by atoms with Gasteiger partial charge < -0.3 is 10.6 Å². The molecule has 0 spiro atoms. The van der Waals surface area contributed by atoms with E-state index in [1.807, 2.05) is 18.2 Å². The zero-order chi connectivity index (χ0) is 13.7. The second kappa shape index (κ2) is 6.60. The van der Waals surface area contributed by atoms with Gasteiger partial charge in [0.2, 0.25) is 0 Å². The van der Waals surface area contributed by atoms with Crippen molar-refractivity contribution < 1.29 is 4.79 Å². The van der Waals surface area contributed by atoms with Crippen LogP contribution in [0.25, 0.3) is 0 Å². The number of hydrogen-bond acceptors (Lipinski definition) is 1. The maximum Gasteiger partial charge on any atom is 0.319 e. The molecule has 1 fully saturated rings. The van der Waals surface area contributed by atoms with E-state index in [9.17, 15) is 4.79 Å². The molecule has 1 aromatic carbocycles. The smallest absolute Gasteiger partial charge is 0.319 e. The Balaban J connectivity index is 1.78. The van der Waals surface area contributed by atoms with Gasteiger partial charge in [-0.05, 0) is 55.9 Å². The second-order valence-corrected chi connectivity index (χ2v) is 5.64. The number of carbonyl (C=O) groups excluding carboxylic acids is 1. The Hall–Kier alpha value is -1.51. The van der Waals surface area contributed by atoms with E-state index in [4.69, 9.17) is 0 Å². The van der Waals surface area contributed by atoms with Crippen LogP contribution in [0, 0.1) is 19.8 Å². The number of nitrogens with one attached hydrogen (secondary N) is 2. The SMILES string of the molecule is Cc1ccc(NC(=O)NCC2CCCCC2)cc1C. The summed E-state index contributed by atoms with van der Waals surface area (Å²) in [6, 6.07) is 5.90. The normalized spacial score (nSPS) is 16.1. The van der Waals surface area contributed by atoms with Crippen LogP contribution in [0.2, 0.25) is 0 Å². The van der Waals surface area contributed by atoms with Crippen LogP contribution in [0.4, 0.5) is 10.5 Å². The van der Waals surface area contributed by atoms with E-state index in [0.29, 0.717) is 5.92 Å². The van der Waals surface area contributed by atoms with E-state index in [1.54, 1.807) is 0 Å². The van der Waals surface area contributed by atoms with Gasteiger partial charge in [-0.25, -0.2) is 4.79 Å². The van der Waals surface area contributed by atoms with Crippen molar-refractivity contribution in [2.24, 2.45) is 5.92 Å². The Labute approximate surface area is 115 Å². The maximum atomic E-state index is 11.8. The van der Waals surface area contributed by atoms with Gasteiger partial charge in [0.25, 0.3) is 0 Å². The van der Waals surface area contributed by atoms with E-state index in [-0.39, 0.29) is 6.03 Å². The summed E-state index contributed by atoms with van der Waals surface area (Å²) in [6.45, 7) is 4.93. The fraction of sp³-hybridized carbons (Fsp3) is 0.562. The van der Waals surface area contributed by atoms with Crippen LogP contribution in [0.15, 0.2) is 18.2 Å². The van der Waals surface area contributed by atoms with Crippen molar-refractivity contribution in [1.82, 2.24) is 5.32 Å². The van der Waals surface area contributed by atoms with Crippen molar-refractivity contribution in [2.45, 2.75) is 46.0 Å². The lowest BCUT2D eigenvalue weighted by Gasteiger charge is -2.21. The summed E-state index contributed by atoms with van der Waals surface area (Å²) < 4.78 is 0. The maximum absolute atomic E-state index is 11.8. The van der Waals surface area contributed by atoms with Gasteiger partial charge in [-0.2, -0.15) is 0 Å². The van der Waals surface area contributed by atoms with Crippen LogP contribution in [0.1, 0.15) is 43.2 Å². The minimum atomic E-state index is -0.0890. The van der Waals surface area contributed by atoms with E-state index < -0.39 is 0 Å². The first-order chi connectivity index (χ1) is 9.15. The van der Waals surface area contributed by atoms with E-state index in [1.165, 1.54) is 43.2 Å². The molecule has 2 amide bonds. The van der Waals surface area contributed by atoms with Gasteiger partial charge in [-0.15, -0.1) is 0 Å². The Morgan fingerprint density at radius 3 is 2.58 bits per heavy atom. The van der Waals surface area contributed by atoms with Gasteiger partial charge >= 0.3 is 6.03 Å². The number of benzene rings is 1. The molecule has 1 aromatic rings. The molecular formula is C16H24N2O. The molecule has 0 radical (unpaired) electrons. The molecule has 0 unspecified atom stereocenters. The summed E-state index contributed by atoms with van der Waals surface area (Å²) in [6.07, 6.45) is 6.48. The van der Waals surface area contributed by atoms with Crippen molar-refractivity contribution in [2.75, 3.05) is 11.9 Å². The molecule has 19 heavy (non-hydrogen) atoms. The number of carbonyl (C=O) groups is 1. The highest BCUT2D eigenvalue weighted by molar-refractivity contribution is 5.89. The summed E-state index contributed by atoms with van der Waals surface area (Å²) in [7, 11) is 0. The number of amides is 2. The molecule has 1 aliphatic carbocycles. The van der Waals surface area contributed by atoms with Gasteiger partial charge in [-0.1, -0.05) is 25.3 Å². The summed E-state index contributed by atoms with van der Waals surface area (Å²) in [5, 5.41) is 5.88. The highest BCUT2D eigenvalue weighted by Gasteiger charge is 2.14. The lowest BCUT2D eigenvalue weighted by molar-refractivity contribution is 0.247. The van der Waals surface area contributed by atoms with Crippen LogP contribution < -0.4 is 10.6 Å². The first kappa shape index (κ1) is 13.9. The molecule has 2 N–H and O–H groups in total. The molecular weight excluding hydrogens is 236 g/mol. The first-order valence-corrected chi connectivity index (χ1v) is 7.27. The van der Waals surface area contributed by atoms with Crippen LogP contribution in [0.3, 0.4) is 0 Å². The van der Waals surface area contributed by atoms with E-state index in [0.717, 1.165) is 12.2 Å². The summed E-state index contributed by atoms with van der Waals surface area (Å²) in [4.78, 5) is 11.8. The van der Waals surface area contributed by atoms with Gasteiger partial charge in [0.15, 0.2) is 0 Å². The second-order valence-electron chi connectivity index (χ2n) is 5.64. The molecule has 2 rings (SSSR count). The predicted octanol–water partition coefficient (Wildman–Crippen LogP) is 4.01. The number of urea groups is 1. The Morgan fingerprint density at radius 2 is 1.89 bits per heavy atom. The Kier molecular flexibility index (Phi) is 4.83. The third-order valence-corrected chi connectivity index (χ3v) is 4.04. The monoisotopic (exact) mass is 260 g/mol. The Morgan fingerprint density at radius 1 is 1.16 bits per heavy atom. The van der Waals surface area contributed by atoms with Gasteiger partial charge in [0, 0.05) is 12.2 Å². The molecule has 0 aromatic heterocycles. The molecule has 3 heteroatoms. The van der Waals surface area contributed by atoms with Crippen LogP contribution in [0.5, 0.6) is 0 Å². The van der Waals surface area contributed by atoms with E-state index in [2.05, 4.69) is 24.5 Å². The Bertz CT molecular complexity index is 436. The topological polar surface area (TPSA) is 41.1 Å². The van der Waals surface area contributed by atoms with Gasteiger partial charge in [-0.3, -0.25) is 0 Å². The van der Waals surface area contributed by atoms with Crippen LogP contribution in [-0.2, 0) is 0 Å². The average molecular weight is 260 g/mol. The minimum absolute atomic E-state index is 0.0890. The molecule has 0 saturated heterocycles. The third-order valence-electron chi connectivity index (χ3n) is 4.04. The standard InChI is InChI=1S/C16H24N2O/c1-12-8-9-15(10-13(12)2)18-16(19)17-11-14-6-4-3-5-7-14/h8-10,14H,3-7,11H2,1-2H3,(H2,17,18,19). The number of anilines is 1. The molecule has 0 bridgehead atoms. The van der Waals surface area contributed by atoms with Crippen LogP contribution >= 0.6 is 0 Å². The van der Waals surface area contributed by atoms with Crippen molar-refractivity contribution >= 4 is 11.7 Å². The lowest BCUT2D eigenvalue weighted by atomic mass is 9.89. The molecule has 1 saturated carbocycles. The summed E-state index contributed by atoms with van der Waals surface area (Å²) in [5.41, 5.74) is 3.31. The number of rotatable bonds is 3. The zero-order valence-corrected chi connectivity index (χ0v) is 12.0. The minimum Gasteiger partial charge on any atom is -0.338 e. The highest BCUT2D eigenvalue weighted by atomic mass is 16.2. The quantitative estimate of drug-likeness (QED) is 0.847. The fourth-order valence-corrected chi connectivity index (χ4v) is 2.62. The molecule has 0 heterocycles. The van der Waals surface area contributed by atoms with Crippen molar-refractivity contribution in [3.8, 4) is 0 Å².